The fourth-order valence-electron chi connectivity index (χ4n) is 4.54. The van der Waals surface area contributed by atoms with Crippen LogP contribution in [-0.2, 0) is 16.5 Å². The van der Waals surface area contributed by atoms with Crippen LogP contribution in [0.25, 0.3) is 16.8 Å². The van der Waals surface area contributed by atoms with Crippen LogP contribution in [0.15, 0.2) is 24.7 Å². The Morgan fingerprint density at radius 3 is 2.39 bits per heavy atom. The van der Waals surface area contributed by atoms with Crippen molar-refractivity contribution in [2.75, 3.05) is 24.5 Å². The Hall–Kier alpha value is -3.63. The van der Waals surface area contributed by atoms with Gasteiger partial charge in [0.2, 0.25) is 0 Å². The molecule has 0 aromatic carbocycles. The van der Waals surface area contributed by atoms with Crippen molar-refractivity contribution in [3.8, 4) is 11.1 Å². The number of fused-ring (bicyclic) bond motifs is 1. The summed E-state index contributed by atoms with van der Waals surface area (Å²) in [4.78, 5) is 34.4. The van der Waals surface area contributed by atoms with Gasteiger partial charge in [-0.2, -0.15) is 14.7 Å². The third-order valence-corrected chi connectivity index (χ3v) is 6.19. The van der Waals surface area contributed by atoms with Crippen molar-refractivity contribution >= 4 is 23.7 Å². The van der Waals surface area contributed by atoms with Gasteiger partial charge in [0, 0.05) is 56.0 Å². The first-order chi connectivity index (χ1) is 17.8. The molecule has 206 valence electrons. The third-order valence-electron chi connectivity index (χ3n) is 6.19. The predicted octanol–water partition coefficient (Wildman–Crippen LogP) is 5.01. The highest BCUT2D eigenvalue weighted by atomic mass is 16.6. The zero-order valence-corrected chi connectivity index (χ0v) is 23.7. The number of ether oxygens (including phenoxy) is 2. The number of rotatable bonds is 4. The summed E-state index contributed by atoms with van der Waals surface area (Å²) in [5, 5.41) is 8.91. The summed E-state index contributed by atoms with van der Waals surface area (Å²) >= 11 is 0. The van der Waals surface area contributed by atoms with Crippen LogP contribution < -0.4 is 4.90 Å². The van der Waals surface area contributed by atoms with Gasteiger partial charge < -0.3 is 14.4 Å². The Morgan fingerprint density at radius 2 is 1.79 bits per heavy atom. The van der Waals surface area contributed by atoms with E-state index in [2.05, 4.69) is 10.2 Å². The van der Waals surface area contributed by atoms with Gasteiger partial charge in [0.25, 0.3) is 0 Å². The number of hydrogen-bond acceptors (Lipinski definition) is 7. The monoisotopic (exact) mass is 525 g/mol. The molecule has 3 aromatic rings. The van der Waals surface area contributed by atoms with Crippen LogP contribution in [0.5, 0.6) is 0 Å². The highest BCUT2D eigenvalue weighted by molar-refractivity contribution is 5.88. The lowest BCUT2D eigenvalue weighted by molar-refractivity contribution is 0.0197. The molecule has 1 atom stereocenters. The summed E-state index contributed by atoms with van der Waals surface area (Å²) in [5.41, 5.74) is 1.86. The molecule has 2 amide bonds. The van der Waals surface area contributed by atoms with Gasteiger partial charge in [-0.15, -0.1) is 0 Å². The molecule has 1 unspecified atom stereocenters. The Kier molecular flexibility index (Phi) is 7.40. The predicted molar refractivity (Wildman–Crippen MR) is 144 cm³/mol. The van der Waals surface area contributed by atoms with Crippen LogP contribution in [0, 0.1) is 0 Å². The molecule has 4 heterocycles. The highest BCUT2D eigenvalue weighted by Gasteiger charge is 2.32. The first kappa shape index (κ1) is 27.4. The maximum absolute atomic E-state index is 13.2. The average molecular weight is 526 g/mol. The van der Waals surface area contributed by atoms with Crippen LogP contribution in [0.1, 0.15) is 72.9 Å². The molecule has 11 heteroatoms. The molecule has 0 saturated carbocycles. The van der Waals surface area contributed by atoms with E-state index in [0.717, 1.165) is 29.7 Å². The van der Waals surface area contributed by atoms with Crippen molar-refractivity contribution in [1.29, 1.82) is 0 Å². The van der Waals surface area contributed by atoms with E-state index in [4.69, 9.17) is 14.5 Å². The molecule has 1 aliphatic heterocycles. The Morgan fingerprint density at radius 1 is 1.08 bits per heavy atom. The van der Waals surface area contributed by atoms with E-state index in [-0.39, 0.29) is 12.0 Å². The zero-order chi connectivity index (χ0) is 27.8. The van der Waals surface area contributed by atoms with Gasteiger partial charge >= 0.3 is 12.2 Å². The Balaban J connectivity index is 1.79. The summed E-state index contributed by atoms with van der Waals surface area (Å²) in [5.74, 6) is 0.528. The van der Waals surface area contributed by atoms with Crippen molar-refractivity contribution in [2.45, 2.75) is 78.4 Å². The molecule has 0 aliphatic carbocycles. The fraction of sp³-hybridized carbons (Fsp3) is 0.593. The normalized spacial score (nSPS) is 16.5. The van der Waals surface area contributed by atoms with Crippen LogP contribution in [0.4, 0.5) is 15.4 Å². The van der Waals surface area contributed by atoms with E-state index >= 15 is 0 Å². The van der Waals surface area contributed by atoms with Gasteiger partial charge in [-0.1, -0.05) is 0 Å². The largest absolute Gasteiger partial charge is 0.444 e. The fourth-order valence-corrected chi connectivity index (χ4v) is 4.54. The number of aryl methyl sites for hydroxylation is 1. The van der Waals surface area contributed by atoms with Crippen molar-refractivity contribution < 1.29 is 19.1 Å². The molecule has 1 fully saturated rings. The molecule has 0 N–H and O–H groups in total. The van der Waals surface area contributed by atoms with Crippen LogP contribution in [0.2, 0.25) is 0 Å². The average Bonchev–Trinajstić information content (AvgIpc) is 3.43. The number of likely N-dealkylation sites (tertiary alicyclic amines) is 1. The Bertz CT molecular complexity index is 1320. The summed E-state index contributed by atoms with van der Waals surface area (Å²) in [7, 11) is 1.86. The van der Waals surface area contributed by atoms with Crippen molar-refractivity contribution in [3.05, 3.63) is 30.4 Å². The number of hydrogen-bond donors (Lipinski definition) is 0. The molecule has 0 bridgehead atoms. The van der Waals surface area contributed by atoms with Gasteiger partial charge in [-0.3, -0.25) is 9.58 Å². The lowest BCUT2D eigenvalue weighted by Gasteiger charge is -2.34. The van der Waals surface area contributed by atoms with E-state index in [1.807, 2.05) is 67.8 Å². The second kappa shape index (κ2) is 10.3. The number of aromatic nitrogens is 5. The van der Waals surface area contributed by atoms with Crippen molar-refractivity contribution in [1.82, 2.24) is 29.3 Å². The van der Waals surface area contributed by atoms with Gasteiger partial charge in [0.1, 0.15) is 17.0 Å². The number of nitrogens with zero attached hydrogens (tertiary/aromatic N) is 7. The van der Waals surface area contributed by atoms with Crippen molar-refractivity contribution in [3.63, 3.8) is 0 Å². The quantitative estimate of drug-likeness (QED) is 0.471. The van der Waals surface area contributed by atoms with Crippen LogP contribution >= 0.6 is 0 Å². The summed E-state index contributed by atoms with van der Waals surface area (Å²) in [6.45, 7) is 14.5. The Labute approximate surface area is 223 Å². The number of amides is 2. The van der Waals surface area contributed by atoms with E-state index in [1.165, 1.54) is 0 Å². The topological polar surface area (TPSA) is 107 Å². The molecular formula is C27H39N7O4. The second-order valence-corrected chi connectivity index (χ2v) is 11.7. The van der Waals surface area contributed by atoms with E-state index in [1.54, 1.807) is 31.4 Å². The second-order valence-electron chi connectivity index (χ2n) is 11.7. The minimum absolute atomic E-state index is 0.0333. The zero-order valence-electron chi connectivity index (χ0n) is 23.7. The number of anilines is 1. The van der Waals surface area contributed by atoms with Gasteiger partial charge in [0.15, 0.2) is 5.65 Å². The van der Waals surface area contributed by atoms with Crippen LogP contribution in [-0.4, -0.2) is 72.3 Å². The highest BCUT2D eigenvalue weighted by Crippen LogP contribution is 2.33. The maximum atomic E-state index is 13.2. The lowest BCUT2D eigenvalue weighted by atomic mass is 9.94. The summed E-state index contributed by atoms with van der Waals surface area (Å²) < 4.78 is 14.7. The molecule has 4 rings (SSSR count). The molecule has 1 saturated heterocycles. The first-order valence-electron chi connectivity index (χ1n) is 13.1. The molecule has 0 spiro atoms. The summed E-state index contributed by atoms with van der Waals surface area (Å²) in [6.07, 6.45) is 6.30. The van der Waals surface area contributed by atoms with E-state index in [9.17, 15) is 9.59 Å². The smallest absolute Gasteiger partial charge is 0.415 e. The standard InChI is InChI=1S/C27H39N7O4/c1-9-33(25(36)38-27(5,6)7)22-13-21(18-11-10-12-32(17-18)24(35)37-26(2,3)4)30-23-20(15-29-34(22)23)19-14-28-31(8)16-19/h13-16,18H,9-12,17H2,1-8H3. The summed E-state index contributed by atoms with van der Waals surface area (Å²) in [6, 6.07) is 1.89. The molecule has 1 aliphatic rings. The van der Waals surface area contributed by atoms with E-state index < -0.39 is 17.3 Å². The molecular weight excluding hydrogens is 486 g/mol. The van der Waals surface area contributed by atoms with Crippen molar-refractivity contribution in [2.24, 2.45) is 7.05 Å². The number of carbonyl (C=O) groups excluding carboxylic acids is 2. The van der Waals surface area contributed by atoms with E-state index in [0.29, 0.717) is 31.1 Å². The molecule has 11 nitrogen and oxygen atoms in total. The SMILES string of the molecule is CCN(C(=O)OC(C)(C)C)c1cc(C2CCCN(C(=O)OC(C)(C)C)C2)nc2c(-c3cnn(C)c3)cnn12. The third kappa shape index (κ3) is 6.08. The molecule has 3 aromatic heterocycles. The van der Waals surface area contributed by atoms with Crippen LogP contribution in [0.3, 0.4) is 0 Å². The van der Waals surface area contributed by atoms with Gasteiger partial charge in [-0.05, 0) is 61.3 Å². The number of carbonyl (C=O) groups is 2. The first-order valence-corrected chi connectivity index (χ1v) is 13.1. The van der Waals surface area contributed by atoms with Gasteiger partial charge in [-0.25, -0.2) is 14.6 Å². The number of piperidine rings is 1. The lowest BCUT2D eigenvalue weighted by Crippen LogP contribution is -2.42. The minimum Gasteiger partial charge on any atom is -0.444 e. The molecule has 38 heavy (non-hydrogen) atoms. The van der Waals surface area contributed by atoms with Gasteiger partial charge in [0.05, 0.1) is 18.1 Å². The maximum Gasteiger partial charge on any atom is 0.415 e. The minimum atomic E-state index is -0.651. The molecule has 0 radical (unpaired) electrons.